The minimum atomic E-state index is -0.736. The van der Waals surface area contributed by atoms with Gasteiger partial charge in [-0.1, -0.05) is 47.2 Å². The highest BCUT2D eigenvalue weighted by atomic mass is 35.5. The summed E-state index contributed by atoms with van der Waals surface area (Å²) in [5.74, 6) is 5.94. The van der Waals surface area contributed by atoms with Crippen LogP contribution in [0.5, 0.6) is 0 Å². The van der Waals surface area contributed by atoms with E-state index in [0.717, 1.165) is 0 Å². The van der Waals surface area contributed by atoms with Gasteiger partial charge in [0.05, 0.1) is 16.1 Å². The largest absolute Gasteiger partial charge is 0.435 e. The number of aromatic nitrogens is 1. The van der Waals surface area contributed by atoms with Gasteiger partial charge >= 0.3 is 0 Å². The fraction of sp³-hybridized carbons (Fsp3) is 0.118. The highest BCUT2D eigenvalue weighted by molar-refractivity contribution is 6.33. The third-order valence-corrected chi connectivity index (χ3v) is 3.52. The van der Waals surface area contributed by atoms with Gasteiger partial charge in [0.1, 0.15) is 11.6 Å². The van der Waals surface area contributed by atoms with Crippen molar-refractivity contribution in [3.05, 3.63) is 52.0 Å². The van der Waals surface area contributed by atoms with Crippen LogP contribution in [0.1, 0.15) is 12.5 Å². The summed E-state index contributed by atoms with van der Waals surface area (Å²) in [5, 5.41) is 10.4. The molecule has 0 saturated heterocycles. The molecular weight excluding hydrogens is 321 g/mol. The average Bonchev–Trinajstić information content (AvgIpc) is 2.88. The van der Waals surface area contributed by atoms with Crippen LogP contribution in [0.3, 0.4) is 0 Å². The van der Waals surface area contributed by atoms with Crippen LogP contribution in [-0.4, -0.2) is 16.2 Å². The van der Waals surface area contributed by atoms with E-state index in [1.165, 1.54) is 0 Å². The Bertz CT molecular complexity index is 904. The summed E-state index contributed by atoms with van der Waals surface area (Å²) in [6.07, 6.45) is -0.736. The Morgan fingerprint density at radius 2 is 2.00 bits per heavy atom. The van der Waals surface area contributed by atoms with Gasteiger partial charge in [-0.25, -0.2) is 4.98 Å². The number of benzene rings is 2. The first kappa shape index (κ1) is 14.9. The van der Waals surface area contributed by atoms with E-state index in [4.69, 9.17) is 27.6 Å². The highest BCUT2D eigenvalue weighted by Gasteiger charge is 2.14. The molecule has 0 amide bonds. The average molecular weight is 332 g/mol. The van der Waals surface area contributed by atoms with Crippen LogP contribution in [0, 0.1) is 11.8 Å². The molecule has 0 spiro atoms. The van der Waals surface area contributed by atoms with E-state index >= 15 is 0 Å². The second kappa shape index (κ2) is 6.02. The van der Waals surface area contributed by atoms with Crippen LogP contribution in [-0.2, 0) is 0 Å². The fourth-order valence-electron chi connectivity index (χ4n) is 2.02. The molecule has 0 aliphatic heterocycles. The number of halogens is 2. The number of oxazole rings is 1. The number of aliphatic hydroxyl groups excluding tert-OH is 1. The van der Waals surface area contributed by atoms with Crippen LogP contribution in [0.4, 0.5) is 0 Å². The highest BCUT2D eigenvalue weighted by Crippen LogP contribution is 2.32. The number of rotatable bonds is 1. The van der Waals surface area contributed by atoms with Crippen molar-refractivity contribution < 1.29 is 9.52 Å². The zero-order valence-electron chi connectivity index (χ0n) is 11.6. The summed E-state index contributed by atoms with van der Waals surface area (Å²) in [5.41, 5.74) is 2.39. The van der Waals surface area contributed by atoms with Gasteiger partial charge in [-0.2, -0.15) is 0 Å². The van der Waals surface area contributed by atoms with Gasteiger partial charge in [-0.3, -0.25) is 0 Å². The lowest BCUT2D eigenvalue weighted by atomic mass is 10.2. The van der Waals surface area contributed by atoms with Gasteiger partial charge < -0.3 is 9.52 Å². The van der Waals surface area contributed by atoms with Crippen molar-refractivity contribution in [2.24, 2.45) is 0 Å². The topological polar surface area (TPSA) is 46.3 Å². The lowest BCUT2D eigenvalue weighted by Gasteiger charge is -1.97. The Balaban J connectivity index is 2.20. The van der Waals surface area contributed by atoms with Crippen molar-refractivity contribution in [2.45, 2.75) is 13.0 Å². The second-order valence-corrected chi connectivity index (χ2v) is 5.59. The lowest BCUT2D eigenvalue weighted by Crippen LogP contribution is -1.92. The fourth-order valence-corrected chi connectivity index (χ4v) is 2.45. The summed E-state index contributed by atoms with van der Waals surface area (Å²) in [6.45, 7) is 1.59. The first-order valence-electron chi connectivity index (χ1n) is 6.59. The SMILES string of the molecule is C[C@@H](O)C#Cc1cc(Cl)cc2nc(-c3ccccc3Cl)oc12. The summed E-state index contributed by atoms with van der Waals surface area (Å²) in [7, 11) is 0. The molecule has 3 nitrogen and oxygen atoms in total. The zero-order chi connectivity index (χ0) is 15.7. The molecule has 2 aromatic carbocycles. The van der Waals surface area contributed by atoms with Crippen molar-refractivity contribution in [3.8, 4) is 23.3 Å². The first-order valence-corrected chi connectivity index (χ1v) is 7.35. The van der Waals surface area contributed by atoms with E-state index in [0.29, 0.717) is 38.2 Å². The number of fused-ring (bicyclic) bond motifs is 1. The number of hydrogen-bond donors (Lipinski definition) is 1. The zero-order valence-corrected chi connectivity index (χ0v) is 13.1. The van der Waals surface area contributed by atoms with Crippen molar-refractivity contribution >= 4 is 34.3 Å². The smallest absolute Gasteiger partial charge is 0.228 e. The number of aliphatic hydroxyl groups is 1. The molecule has 0 unspecified atom stereocenters. The summed E-state index contributed by atoms with van der Waals surface area (Å²) in [4.78, 5) is 4.43. The molecule has 1 heterocycles. The molecule has 3 aromatic rings. The molecule has 110 valence electrons. The van der Waals surface area contributed by atoms with Gasteiger partial charge in [0.25, 0.3) is 0 Å². The van der Waals surface area contributed by atoms with E-state index in [-0.39, 0.29) is 0 Å². The Labute approximate surface area is 137 Å². The summed E-state index contributed by atoms with van der Waals surface area (Å²) in [6, 6.07) is 10.7. The number of hydrogen-bond acceptors (Lipinski definition) is 3. The minimum absolute atomic E-state index is 0.406. The van der Waals surface area contributed by atoms with Gasteiger partial charge in [0, 0.05) is 5.02 Å². The molecule has 3 rings (SSSR count). The van der Waals surface area contributed by atoms with Gasteiger partial charge in [-0.05, 0) is 31.2 Å². The molecule has 0 bridgehead atoms. The normalized spacial score (nSPS) is 12.0. The van der Waals surface area contributed by atoms with Crippen LogP contribution in [0.2, 0.25) is 10.0 Å². The predicted octanol–water partition coefficient (Wildman–Crippen LogP) is 4.53. The molecule has 1 atom stereocenters. The van der Waals surface area contributed by atoms with E-state index in [1.54, 1.807) is 25.1 Å². The first-order chi connectivity index (χ1) is 10.5. The molecule has 22 heavy (non-hydrogen) atoms. The standard InChI is InChI=1S/C17H11Cl2NO2/c1-10(21)6-7-11-8-12(18)9-15-16(11)22-17(20-15)13-4-2-3-5-14(13)19/h2-5,8-10,21H,1H3/t10-/m1/s1. The van der Waals surface area contributed by atoms with Crippen LogP contribution in [0.25, 0.3) is 22.6 Å². The van der Waals surface area contributed by atoms with Crippen molar-refractivity contribution in [1.29, 1.82) is 0 Å². The van der Waals surface area contributed by atoms with Gasteiger partial charge in [-0.15, -0.1) is 0 Å². The van der Waals surface area contributed by atoms with Gasteiger partial charge in [0.2, 0.25) is 5.89 Å². The van der Waals surface area contributed by atoms with E-state index in [1.807, 2.05) is 18.2 Å². The molecule has 0 aliphatic carbocycles. The van der Waals surface area contributed by atoms with Crippen molar-refractivity contribution in [2.75, 3.05) is 0 Å². The Morgan fingerprint density at radius 1 is 1.23 bits per heavy atom. The molecular formula is C17H11Cl2NO2. The van der Waals surface area contributed by atoms with Crippen molar-refractivity contribution in [3.63, 3.8) is 0 Å². The third-order valence-electron chi connectivity index (χ3n) is 2.97. The van der Waals surface area contributed by atoms with E-state index in [9.17, 15) is 5.11 Å². The van der Waals surface area contributed by atoms with Crippen LogP contribution in [0.15, 0.2) is 40.8 Å². The minimum Gasteiger partial charge on any atom is -0.435 e. The van der Waals surface area contributed by atoms with E-state index < -0.39 is 6.10 Å². The Morgan fingerprint density at radius 3 is 2.73 bits per heavy atom. The lowest BCUT2D eigenvalue weighted by molar-refractivity contribution is 0.253. The van der Waals surface area contributed by atoms with Crippen molar-refractivity contribution in [1.82, 2.24) is 4.98 Å². The third kappa shape index (κ3) is 2.95. The molecule has 1 aromatic heterocycles. The maximum atomic E-state index is 9.30. The van der Waals surface area contributed by atoms with Crippen LogP contribution >= 0.6 is 23.2 Å². The predicted molar refractivity (Wildman–Crippen MR) is 88.0 cm³/mol. The summed E-state index contributed by atoms with van der Waals surface area (Å²) < 4.78 is 5.82. The molecule has 0 aliphatic rings. The number of nitrogens with zero attached hydrogens (tertiary/aromatic N) is 1. The van der Waals surface area contributed by atoms with E-state index in [2.05, 4.69) is 16.8 Å². The van der Waals surface area contributed by atoms with Crippen LogP contribution < -0.4 is 0 Å². The second-order valence-electron chi connectivity index (χ2n) is 4.75. The molecule has 0 radical (unpaired) electrons. The molecule has 5 heteroatoms. The maximum absolute atomic E-state index is 9.30. The Hall–Kier alpha value is -1.99. The molecule has 1 N–H and O–H groups in total. The molecule has 0 fully saturated rings. The van der Waals surface area contributed by atoms with Gasteiger partial charge in [0.15, 0.2) is 5.58 Å². The molecule has 0 saturated carbocycles. The monoisotopic (exact) mass is 331 g/mol. The summed E-state index contributed by atoms with van der Waals surface area (Å²) >= 11 is 12.3. The quantitative estimate of drug-likeness (QED) is 0.666. The maximum Gasteiger partial charge on any atom is 0.228 e. The Kier molecular flexibility index (Phi) is 4.08.